The largest absolute Gasteiger partial charge is 0.382 e. The Hall–Kier alpha value is -0.980. The Labute approximate surface area is 85.5 Å². The van der Waals surface area contributed by atoms with E-state index >= 15 is 0 Å². The molecule has 3 rings (SSSR count). The molecular weight excluding hydrogens is 170 g/mol. The van der Waals surface area contributed by atoms with Gasteiger partial charge in [0.25, 0.3) is 0 Å². The molecule has 1 fully saturated rings. The smallest absolute Gasteiger partial charge is 0.0404 e. The molecule has 1 aliphatic carbocycles. The molecule has 74 valence electrons. The number of nitrogens with one attached hydrogen (secondary N) is 1. The predicted octanol–water partition coefficient (Wildman–Crippen LogP) is 3.13. The van der Waals surface area contributed by atoms with Crippen LogP contribution in [0, 0.1) is 12.8 Å². The summed E-state index contributed by atoms with van der Waals surface area (Å²) in [6.45, 7) is 2.21. The van der Waals surface area contributed by atoms with Crippen LogP contribution in [0.25, 0.3) is 0 Å². The van der Waals surface area contributed by atoms with E-state index in [-0.39, 0.29) is 0 Å². The number of aryl methyl sites for hydroxylation is 2. The Morgan fingerprint density at radius 3 is 2.86 bits per heavy atom. The third-order valence-corrected chi connectivity index (χ3v) is 3.60. The number of benzene rings is 1. The molecule has 1 aliphatic heterocycles. The maximum Gasteiger partial charge on any atom is 0.0404 e. The second kappa shape index (κ2) is 3.01. The lowest BCUT2D eigenvalue weighted by Crippen LogP contribution is -2.27. The average Bonchev–Trinajstić information content (AvgIpc) is 3.01. The van der Waals surface area contributed by atoms with Gasteiger partial charge >= 0.3 is 0 Å². The first-order valence-corrected chi connectivity index (χ1v) is 5.69. The average molecular weight is 187 g/mol. The second-order valence-electron chi connectivity index (χ2n) is 4.74. The van der Waals surface area contributed by atoms with Crippen LogP contribution in [0.15, 0.2) is 18.2 Å². The lowest BCUT2D eigenvalue weighted by Gasteiger charge is -2.28. The molecule has 2 aliphatic rings. The standard InChI is InChI=1S/C13H17N/c1-9-3-2-4-11-7-8-12(10-5-6-10)14-13(9)11/h2-4,10,12,14H,5-8H2,1H3. The van der Waals surface area contributed by atoms with Crippen molar-refractivity contribution in [1.29, 1.82) is 0 Å². The van der Waals surface area contributed by atoms with Crippen LogP contribution in [0.5, 0.6) is 0 Å². The summed E-state index contributed by atoms with van der Waals surface area (Å²) < 4.78 is 0. The minimum absolute atomic E-state index is 0.767. The van der Waals surface area contributed by atoms with Gasteiger partial charge in [-0.1, -0.05) is 18.2 Å². The molecule has 1 unspecified atom stereocenters. The maximum absolute atomic E-state index is 3.73. The van der Waals surface area contributed by atoms with Crippen molar-refractivity contribution < 1.29 is 0 Å². The molecule has 1 aromatic rings. The van der Waals surface area contributed by atoms with E-state index in [1.807, 2.05) is 0 Å². The van der Waals surface area contributed by atoms with Crippen LogP contribution in [0.4, 0.5) is 5.69 Å². The molecule has 0 radical (unpaired) electrons. The van der Waals surface area contributed by atoms with Gasteiger partial charge in [-0.2, -0.15) is 0 Å². The minimum Gasteiger partial charge on any atom is -0.382 e. The summed E-state index contributed by atoms with van der Waals surface area (Å²) in [7, 11) is 0. The number of anilines is 1. The first-order valence-electron chi connectivity index (χ1n) is 5.69. The lowest BCUT2D eigenvalue weighted by atomic mass is 9.93. The SMILES string of the molecule is Cc1cccc2c1NC(C1CC1)CC2. The zero-order valence-electron chi connectivity index (χ0n) is 8.72. The van der Waals surface area contributed by atoms with Crippen LogP contribution in [0.2, 0.25) is 0 Å². The molecule has 14 heavy (non-hydrogen) atoms. The molecule has 1 heteroatoms. The molecular formula is C13H17N. The molecule has 1 saturated carbocycles. The summed E-state index contributed by atoms with van der Waals surface area (Å²) in [5.41, 5.74) is 4.35. The molecule has 1 N–H and O–H groups in total. The third-order valence-electron chi connectivity index (χ3n) is 3.60. The highest BCUT2D eigenvalue weighted by molar-refractivity contribution is 5.59. The molecule has 1 nitrogen and oxygen atoms in total. The van der Waals surface area contributed by atoms with E-state index < -0.39 is 0 Å². The van der Waals surface area contributed by atoms with Crippen LogP contribution in [0.1, 0.15) is 30.4 Å². The summed E-state index contributed by atoms with van der Waals surface area (Å²) in [4.78, 5) is 0. The van der Waals surface area contributed by atoms with E-state index in [1.54, 1.807) is 0 Å². The van der Waals surface area contributed by atoms with Crippen molar-refractivity contribution in [3.05, 3.63) is 29.3 Å². The molecule has 0 spiro atoms. The third kappa shape index (κ3) is 1.31. The summed E-state index contributed by atoms with van der Waals surface area (Å²) in [5.74, 6) is 0.975. The maximum atomic E-state index is 3.73. The van der Waals surface area contributed by atoms with Crippen LogP contribution >= 0.6 is 0 Å². The van der Waals surface area contributed by atoms with Gasteiger partial charge in [0, 0.05) is 11.7 Å². The first kappa shape index (κ1) is 8.34. The summed E-state index contributed by atoms with van der Waals surface area (Å²) in [5, 5.41) is 3.73. The fourth-order valence-corrected chi connectivity index (χ4v) is 2.56. The molecule has 0 bridgehead atoms. The summed E-state index contributed by atoms with van der Waals surface area (Å²) >= 11 is 0. The molecule has 0 amide bonds. The fourth-order valence-electron chi connectivity index (χ4n) is 2.56. The van der Waals surface area contributed by atoms with Gasteiger partial charge < -0.3 is 5.32 Å². The monoisotopic (exact) mass is 187 g/mol. The van der Waals surface area contributed by atoms with E-state index in [4.69, 9.17) is 0 Å². The van der Waals surface area contributed by atoms with Crippen LogP contribution < -0.4 is 5.32 Å². The molecule has 0 saturated heterocycles. The Kier molecular flexibility index (Phi) is 1.79. The Morgan fingerprint density at radius 1 is 1.21 bits per heavy atom. The van der Waals surface area contributed by atoms with Crippen molar-refractivity contribution in [2.45, 2.75) is 38.6 Å². The normalized spacial score (nSPS) is 25.4. The van der Waals surface area contributed by atoms with Crippen molar-refractivity contribution >= 4 is 5.69 Å². The molecule has 0 aromatic heterocycles. The molecule has 1 heterocycles. The van der Waals surface area contributed by atoms with Gasteiger partial charge in [-0.25, -0.2) is 0 Å². The number of hydrogen-bond donors (Lipinski definition) is 1. The fraction of sp³-hybridized carbons (Fsp3) is 0.538. The van der Waals surface area contributed by atoms with Gasteiger partial charge in [-0.3, -0.25) is 0 Å². The quantitative estimate of drug-likeness (QED) is 0.712. The van der Waals surface area contributed by atoms with Crippen molar-refractivity contribution in [3.8, 4) is 0 Å². The van der Waals surface area contributed by atoms with Crippen molar-refractivity contribution in [2.75, 3.05) is 5.32 Å². The van der Waals surface area contributed by atoms with E-state index in [1.165, 1.54) is 42.5 Å². The van der Waals surface area contributed by atoms with Gasteiger partial charge in [0.1, 0.15) is 0 Å². The van der Waals surface area contributed by atoms with Gasteiger partial charge in [0.2, 0.25) is 0 Å². The molecule has 1 atom stereocenters. The highest BCUT2D eigenvalue weighted by Crippen LogP contribution is 2.39. The van der Waals surface area contributed by atoms with E-state index in [0.29, 0.717) is 0 Å². The second-order valence-corrected chi connectivity index (χ2v) is 4.74. The first-order chi connectivity index (χ1) is 6.84. The van der Waals surface area contributed by atoms with E-state index in [9.17, 15) is 0 Å². The Balaban J connectivity index is 1.91. The predicted molar refractivity (Wildman–Crippen MR) is 59.6 cm³/mol. The van der Waals surface area contributed by atoms with E-state index in [2.05, 4.69) is 30.4 Å². The Bertz CT molecular complexity index is 352. The van der Waals surface area contributed by atoms with Crippen molar-refractivity contribution in [1.82, 2.24) is 0 Å². The van der Waals surface area contributed by atoms with Crippen LogP contribution in [-0.2, 0) is 6.42 Å². The van der Waals surface area contributed by atoms with Crippen LogP contribution in [-0.4, -0.2) is 6.04 Å². The zero-order chi connectivity index (χ0) is 9.54. The van der Waals surface area contributed by atoms with Gasteiger partial charge in [-0.05, 0) is 49.7 Å². The lowest BCUT2D eigenvalue weighted by molar-refractivity contribution is 0.569. The minimum atomic E-state index is 0.767. The van der Waals surface area contributed by atoms with Crippen molar-refractivity contribution in [3.63, 3.8) is 0 Å². The van der Waals surface area contributed by atoms with Crippen LogP contribution in [0.3, 0.4) is 0 Å². The van der Waals surface area contributed by atoms with Gasteiger partial charge in [0.15, 0.2) is 0 Å². The van der Waals surface area contributed by atoms with Gasteiger partial charge in [0.05, 0.1) is 0 Å². The number of fused-ring (bicyclic) bond motifs is 1. The molecule has 1 aromatic carbocycles. The topological polar surface area (TPSA) is 12.0 Å². The van der Waals surface area contributed by atoms with Crippen molar-refractivity contribution in [2.24, 2.45) is 5.92 Å². The number of rotatable bonds is 1. The van der Waals surface area contributed by atoms with Gasteiger partial charge in [-0.15, -0.1) is 0 Å². The zero-order valence-corrected chi connectivity index (χ0v) is 8.72. The number of para-hydroxylation sites is 1. The highest BCUT2D eigenvalue weighted by atomic mass is 15.0. The summed E-state index contributed by atoms with van der Waals surface area (Å²) in [6, 6.07) is 7.41. The van der Waals surface area contributed by atoms with E-state index in [0.717, 1.165) is 12.0 Å². The highest BCUT2D eigenvalue weighted by Gasteiger charge is 2.33. The summed E-state index contributed by atoms with van der Waals surface area (Å²) in [6.07, 6.45) is 5.49. The Morgan fingerprint density at radius 2 is 2.07 bits per heavy atom. The number of hydrogen-bond acceptors (Lipinski definition) is 1.